The zero-order chi connectivity index (χ0) is 21.9. The van der Waals surface area contributed by atoms with Crippen molar-refractivity contribution in [1.29, 1.82) is 0 Å². The number of ether oxygens (including phenoxy) is 2. The zero-order valence-corrected chi connectivity index (χ0v) is 19.3. The molecule has 1 aliphatic carbocycles. The van der Waals surface area contributed by atoms with E-state index < -0.39 is 0 Å². The summed E-state index contributed by atoms with van der Waals surface area (Å²) in [6.07, 6.45) is 12.3. The van der Waals surface area contributed by atoms with Gasteiger partial charge in [-0.25, -0.2) is 15.0 Å². The van der Waals surface area contributed by atoms with Gasteiger partial charge in [-0.05, 0) is 72.0 Å². The number of hydrogen-bond donors (Lipinski definition) is 0. The highest BCUT2D eigenvalue weighted by Gasteiger charge is 2.20. The molecular weight excluding hydrogens is 468 g/mol. The fourth-order valence-electron chi connectivity index (χ4n) is 4.08. The Morgan fingerprint density at radius 1 is 1.00 bits per heavy atom. The molecule has 2 aromatic carbocycles. The van der Waals surface area contributed by atoms with E-state index in [9.17, 15) is 0 Å². The van der Waals surface area contributed by atoms with Crippen LogP contribution in [0.3, 0.4) is 0 Å². The Kier molecular flexibility index (Phi) is 5.90. The van der Waals surface area contributed by atoms with Crippen LogP contribution in [0.1, 0.15) is 37.1 Å². The standard InChI is InChI=1S/C25H23BrN4O2/c1-31-22-12-6-7-17(24(22)32-19-8-2-3-9-19)13-14-23-29-20-10-4-5-11-21(20)30(23)25-27-15-18(26)16-28-25/h4-7,10-16,19H,2-3,8-9H2,1H3. The first kappa shape index (κ1) is 20.7. The average molecular weight is 491 g/mol. The van der Waals surface area contributed by atoms with Crippen molar-refractivity contribution < 1.29 is 9.47 Å². The summed E-state index contributed by atoms with van der Waals surface area (Å²) in [6.45, 7) is 0. The van der Waals surface area contributed by atoms with Crippen LogP contribution < -0.4 is 9.47 Å². The van der Waals surface area contributed by atoms with Crippen molar-refractivity contribution in [3.63, 3.8) is 0 Å². The van der Waals surface area contributed by atoms with Crippen molar-refractivity contribution in [2.75, 3.05) is 7.11 Å². The topological polar surface area (TPSA) is 62.1 Å². The Morgan fingerprint density at radius 2 is 1.78 bits per heavy atom. The van der Waals surface area contributed by atoms with E-state index in [1.165, 1.54) is 12.8 Å². The summed E-state index contributed by atoms with van der Waals surface area (Å²) in [5.74, 6) is 2.82. The van der Waals surface area contributed by atoms with E-state index in [-0.39, 0.29) is 6.10 Å². The van der Waals surface area contributed by atoms with Crippen LogP contribution in [0.4, 0.5) is 0 Å². The fraction of sp³-hybridized carbons (Fsp3) is 0.240. The van der Waals surface area contributed by atoms with E-state index in [1.54, 1.807) is 19.5 Å². The number of halogens is 1. The maximum absolute atomic E-state index is 6.37. The van der Waals surface area contributed by atoms with Gasteiger partial charge in [-0.3, -0.25) is 4.57 Å². The lowest BCUT2D eigenvalue weighted by Gasteiger charge is -2.18. The zero-order valence-electron chi connectivity index (χ0n) is 17.7. The Hall–Kier alpha value is -3.19. The summed E-state index contributed by atoms with van der Waals surface area (Å²) in [5.41, 5.74) is 2.78. The molecule has 0 saturated heterocycles. The minimum absolute atomic E-state index is 0.235. The molecule has 2 aromatic heterocycles. The molecule has 7 heteroatoms. The molecule has 0 amide bonds. The van der Waals surface area contributed by atoms with Gasteiger partial charge in [0.25, 0.3) is 0 Å². The van der Waals surface area contributed by atoms with Gasteiger partial charge in [0.1, 0.15) is 5.82 Å². The molecule has 0 aliphatic heterocycles. The van der Waals surface area contributed by atoms with Crippen LogP contribution >= 0.6 is 15.9 Å². The molecule has 0 unspecified atom stereocenters. The first-order valence-corrected chi connectivity index (χ1v) is 11.5. The lowest BCUT2D eigenvalue weighted by atomic mass is 10.1. The van der Waals surface area contributed by atoms with E-state index in [4.69, 9.17) is 14.5 Å². The molecule has 1 fully saturated rings. The highest BCUT2D eigenvalue weighted by molar-refractivity contribution is 9.10. The molecule has 0 radical (unpaired) electrons. The number of rotatable bonds is 6. The molecule has 162 valence electrons. The van der Waals surface area contributed by atoms with Gasteiger partial charge in [0.05, 0.1) is 28.7 Å². The molecule has 4 aromatic rings. The Labute approximate surface area is 195 Å². The lowest BCUT2D eigenvalue weighted by Crippen LogP contribution is -2.12. The van der Waals surface area contributed by atoms with Crippen LogP contribution in [0.5, 0.6) is 11.5 Å². The molecule has 0 atom stereocenters. The van der Waals surface area contributed by atoms with Crippen LogP contribution in [0.2, 0.25) is 0 Å². The number of aromatic nitrogens is 4. The third-order valence-electron chi connectivity index (χ3n) is 5.62. The monoisotopic (exact) mass is 490 g/mol. The summed E-state index contributed by atoms with van der Waals surface area (Å²) < 4.78 is 14.7. The summed E-state index contributed by atoms with van der Waals surface area (Å²) in [4.78, 5) is 13.8. The van der Waals surface area contributed by atoms with Gasteiger partial charge in [0.15, 0.2) is 11.5 Å². The third-order valence-corrected chi connectivity index (χ3v) is 6.03. The van der Waals surface area contributed by atoms with Crippen molar-refractivity contribution in [1.82, 2.24) is 19.5 Å². The van der Waals surface area contributed by atoms with Crippen LogP contribution in [-0.2, 0) is 0 Å². The largest absolute Gasteiger partial charge is 0.493 e. The van der Waals surface area contributed by atoms with E-state index in [2.05, 4.69) is 25.9 Å². The van der Waals surface area contributed by atoms with E-state index in [0.717, 1.165) is 51.2 Å². The number of imidazole rings is 1. The molecule has 1 saturated carbocycles. The predicted octanol–water partition coefficient (Wildman–Crippen LogP) is 6.08. The molecule has 2 heterocycles. The van der Waals surface area contributed by atoms with Gasteiger partial charge in [-0.15, -0.1) is 0 Å². The molecule has 6 nitrogen and oxygen atoms in total. The van der Waals surface area contributed by atoms with Gasteiger partial charge >= 0.3 is 0 Å². The van der Waals surface area contributed by atoms with Gasteiger partial charge in [-0.1, -0.05) is 24.3 Å². The highest BCUT2D eigenvalue weighted by Crippen LogP contribution is 2.36. The summed E-state index contributed by atoms with van der Waals surface area (Å²) in [6, 6.07) is 13.9. The molecule has 5 rings (SSSR count). The second-order valence-electron chi connectivity index (χ2n) is 7.73. The number of methoxy groups -OCH3 is 1. The summed E-state index contributed by atoms with van der Waals surface area (Å²) in [5, 5.41) is 0. The van der Waals surface area contributed by atoms with Gasteiger partial charge in [0.2, 0.25) is 5.95 Å². The average Bonchev–Trinajstić information content (AvgIpc) is 3.46. The Morgan fingerprint density at radius 3 is 2.56 bits per heavy atom. The van der Waals surface area contributed by atoms with Gasteiger partial charge in [-0.2, -0.15) is 0 Å². The molecule has 0 N–H and O–H groups in total. The highest BCUT2D eigenvalue weighted by atomic mass is 79.9. The SMILES string of the molecule is COc1cccc(C=Cc2nc3ccccc3n2-c2ncc(Br)cn2)c1OC1CCCC1. The molecule has 1 aliphatic rings. The molecular formula is C25H23BrN4O2. The van der Waals surface area contributed by atoms with Crippen molar-refractivity contribution in [3.05, 3.63) is 70.7 Å². The second-order valence-corrected chi connectivity index (χ2v) is 8.65. The Bertz CT molecular complexity index is 1260. The van der Waals surface area contributed by atoms with Crippen molar-refractivity contribution >= 4 is 39.1 Å². The van der Waals surface area contributed by atoms with Crippen LogP contribution in [0.15, 0.2) is 59.3 Å². The summed E-state index contributed by atoms with van der Waals surface area (Å²) in [7, 11) is 1.68. The minimum atomic E-state index is 0.235. The molecule has 0 spiro atoms. The number of nitrogens with zero attached hydrogens (tertiary/aromatic N) is 4. The van der Waals surface area contributed by atoms with Gasteiger partial charge in [0, 0.05) is 18.0 Å². The van der Waals surface area contributed by atoms with Crippen LogP contribution in [0.25, 0.3) is 29.1 Å². The van der Waals surface area contributed by atoms with E-state index in [1.807, 2.05) is 59.2 Å². The first-order valence-electron chi connectivity index (χ1n) is 10.7. The van der Waals surface area contributed by atoms with Gasteiger partial charge < -0.3 is 9.47 Å². The number of fused-ring (bicyclic) bond motifs is 1. The first-order chi connectivity index (χ1) is 15.7. The maximum atomic E-state index is 6.37. The lowest BCUT2D eigenvalue weighted by molar-refractivity contribution is 0.200. The van der Waals surface area contributed by atoms with E-state index >= 15 is 0 Å². The fourth-order valence-corrected chi connectivity index (χ4v) is 4.28. The third kappa shape index (κ3) is 4.12. The van der Waals surface area contributed by atoms with Crippen molar-refractivity contribution in [2.45, 2.75) is 31.8 Å². The number of para-hydroxylation sites is 3. The normalized spacial score (nSPS) is 14.4. The summed E-state index contributed by atoms with van der Waals surface area (Å²) >= 11 is 3.41. The second kappa shape index (κ2) is 9.12. The number of hydrogen-bond acceptors (Lipinski definition) is 5. The van der Waals surface area contributed by atoms with E-state index in [0.29, 0.717) is 5.95 Å². The van der Waals surface area contributed by atoms with Crippen molar-refractivity contribution in [3.8, 4) is 17.4 Å². The van der Waals surface area contributed by atoms with Crippen LogP contribution in [0, 0.1) is 0 Å². The van der Waals surface area contributed by atoms with Crippen LogP contribution in [-0.4, -0.2) is 32.7 Å². The minimum Gasteiger partial charge on any atom is -0.493 e. The Balaban J connectivity index is 1.57. The quantitative estimate of drug-likeness (QED) is 0.327. The van der Waals surface area contributed by atoms with Crippen molar-refractivity contribution in [2.24, 2.45) is 0 Å². The number of benzene rings is 2. The smallest absolute Gasteiger partial charge is 0.235 e. The predicted molar refractivity (Wildman–Crippen MR) is 129 cm³/mol. The molecule has 0 bridgehead atoms. The molecule has 32 heavy (non-hydrogen) atoms. The maximum Gasteiger partial charge on any atom is 0.235 e.